The zero-order valence-electron chi connectivity index (χ0n) is 18.4. The third-order valence-corrected chi connectivity index (χ3v) is 7.02. The number of hydrogen-bond donors (Lipinski definition) is 2. The highest BCUT2D eigenvalue weighted by atomic mass is 32.1. The van der Waals surface area contributed by atoms with Crippen molar-refractivity contribution in [1.29, 1.82) is 0 Å². The van der Waals surface area contributed by atoms with Crippen molar-refractivity contribution in [1.82, 2.24) is 24.5 Å². The highest BCUT2D eigenvalue weighted by molar-refractivity contribution is 7.19. The Hall–Kier alpha value is -3.04. The molecule has 8 nitrogen and oxygen atoms in total. The molecule has 4 heterocycles. The summed E-state index contributed by atoms with van der Waals surface area (Å²) >= 11 is 1.65. The van der Waals surface area contributed by atoms with Crippen molar-refractivity contribution in [3.8, 4) is 0 Å². The molecule has 1 aliphatic carbocycles. The molecule has 4 aromatic rings. The van der Waals surface area contributed by atoms with Crippen LogP contribution in [0.2, 0.25) is 0 Å². The van der Waals surface area contributed by atoms with E-state index in [0.717, 1.165) is 40.1 Å². The van der Waals surface area contributed by atoms with Crippen LogP contribution in [0.5, 0.6) is 0 Å². The van der Waals surface area contributed by atoms with E-state index in [1.807, 2.05) is 28.9 Å². The minimum atomic E-state index is -0.905. The van der Waals surface area contributed by atoms with E-state index in [1.165, 1.54) is 10.4 Å². The number of nitrogens with one attached hydrogen (secondary N) is 1. The van der Waals surface area contributed by atoms with E-state index in [-0.39, 0.29) is 11.8 Å². The van der Waals surface area contributed by atoms with Crippen molar-refractivity contribution in [2.24, 2.45) is 5.92 Å². The van der Waals surface area contributed by atoms with E-state index in [4.69, 9.17) is 0 Å². The van der Waals surface area contributed by atoms with Crippen LogP contribution in [0.25, 0.3) is 15.7 Å². The van der Waals surface area contributed by atoms with Crippen molar-refractivity contribution in [3.63, 3.8) is 0 Å². The maximum absolute atomic E-state index is 13.0. The van der Waals surface area contributed by atoms with Crippen LogP contribution >= 0.6 is 11.3 Å². The molecule has 2 N–H and O–H groups in total. The summed E-state index contributed by atoms with van der Waals surface area (Å²) in [5.41, 5.74) is 2.28. The van der Waals surface area contributed by atoms with Gasteiger partial charge in [0, 0.05) is 42.5 Å². The fourth-order valence-electron chi connectivity index (χ4n) is 4.52. The number of aromatic nitrogens is 4. The molecule has 1 amide bonds. The first kappa shape index (κ1) is 20.8. The number of amides is 1. The summed E-state index contributed by atoms with van der Waals surface area (Å²) < 4.78 is 1.82. The molecule has 0 bridgehead atoms. The van der Waals surface area contributed by atoms with Crippen LogP contribution in [0, 0.1) is 5.92 Å². The Morgan fingerprint density at radius 2 is 2.22 bits per heavy atom. The fraction of sp³-hybridized carbons (Fsp3) is 0.391. The zero-order valence-corrected chi connectivity index (χ0v) is 19.2. The Kier molecular flexibility index (Phi) is 5.10. The van der Waals surface area contributed by atoms with Crippen molar-refractivity contribution in [2.45, 2.75) is 38.7 Å². The van der Waals surface area contributed by atoms with Crippen LogP contribution in [0.1, 0.15) is 30.7 Å². The Balaban J connectivity index is 1.42. The molecule has 32 heavy (non-hydrogen) atoms. The molecule has 1 unspecified atom stereocenters. The van der Waals surface area contributed by atoms with E-state index in [9.17, 15) is 9.90 Å². The smallest absolute Gasteiger partial charge is 0.225 e. The molecular formula is C23H26N6O2S. The third kappa shape index (κ3) is 3.93. The molecule has 9 heteroatoms. The van der Waals surface area contributed by atoms with Gasteiger partial charge < -0.3 is 15.3 Å². The summed E-state index contributed by atoms with van der Waals surface area (Å²) in [6, 6.07) is 5.96. The van der Waals surface area contributed by atoms with Gasteiger partial charge in [0.2, 0.25) is 5.91 Å². The number of carbonyl (C=O) groups is 1. The zero-order chi connectivity index (χ0) is 22.5. The Morgan fingerprint density at radius 1 is 1.38 bits per heavy atom. The number of carbonyl (C=O) groups excluding carboxylic acids is 1. The van der Waals surface area contributed by atoms with E-state index >= 15 is 0 Å². The lowest BCUT2D eigenvalue weighted by molar-refractivity contribution is -0.137. The van der Waals surface area contributed by atoms with Crippen LogP contribution in [0.15, 0.2) is 36.9 Å². The standard InChI is InChI=1S/C23H26N6O2S/c1-23(2,31)12-28(3)22(30)14-4-5-17-18(10-14)32-21-19(17)20(24-13-25-21)27-15-7-9-29-16(11-15)6-8-26-29/h6-9,11,13-14,31H,4-5,10,12H2,1-3H3,(H,24,25,27). The molecule has 166 valence electrons. The molecule has 0 radical (unpaired) electrons. The second-order valence-electron chi connectivity index (χ2n) is 9.09. The maximum Gasteiger partial charge on any atom is 0.225 e. The Labute approximate surface area is 189 Å². The molecule has 1 aliphatic rings. The number of aryl methyl sites for hydroxylation is 1. The summed E-state index contributed by atoms with van der Waals surface area (Å²) in [5, 5.41) is 18.8. The summed E-state index contributed by atoms with van der Waals surface area (Å²) in [6.07, 6.45) is 7.57. The van der Waals surface area contributed by atoms with Crippen molar-refractivity contribution < 1.29 is 9.90 Å². The molecule has 1 atom stereocenters. The van der Waals surface area contributed by atoms with Gasteiger partial charge in [0.05, 0.1) is 16.5 Å². The number of anilines is 2. The summed E-state index contributed by atoms with van der Waals surface area (Å²) in [5.74, 6) is 0.811. The summed E-state index contributed by atoms with van der Waals surface area (Å²) in [7, 11) is 1.77. The molecular weight excluding hydrogens is 424 g/mol. The molecule has 0 fully saturated rings. The van der Waals surface area contributed by atoms with Crippen molar-refractivity contribution in [3.05, 3.63) is 47.4 Å². The van der Waals surface area contributed by atoms with Gasteiger partial charge in [-0.15, -0.1) is 11.3 Å². The number of pyridine rings is 1. The first-order valence-corrected chi connectivity index (χ1v) is 11.5. The lowest BCUT2D eigenvalue weighted by atomic mass is 9.86. The maximum atomic E-state index is 13.0. The predicted molar refractivity (Wildman–Crippen MR) is 125 cm³/mol. The molecule has 0 saturated heterocycles. The molecule has 5 rings (SSSR count). The lowest BCUT2D eigenvalue weighted by Gasteiger charge is -2.30. The molecule has 0 spiro atoms. The van der Waals surface area contributed by atoms with Crippen molar-refractivity contribution >= 4 is 44.5 Å². The third-order valence-electron chi connectivity index (χ3n) is 5.86. The van der Waals surface area contributed by atoms with Gasteiger partial charge in [-0.2, -0.15) is 5.10 Å². The van der Waals surface area contributed by atoms with E-state index in [1.54, 1.807) is 49.7 Å². The van der Waals surface area contributed by atoms with Crippen LogP contribution in [0.4, 0.5) is 11.5 Å². The van der Waals surface area contributed by atoms with Crippen LogP contribution in [-0.4, -0.2) is 54.7 Å². The van der Waals surface area contributed by atoms with Gasteiger partial charge in [0.15, 0.2) is 0 Å². The highest BCUT2D eigenvalue weighted by Crippen LogP contribution is 2.40. The topological polar surface area (TPSA) is 95.6 Å². The number of hydrogen-bond acceptors (Lipinski definition) is 7. The number of likely N-dealkylation sites (N-methyl/N-ethyl adjacent to an activating group) is 1. The largest absolute Gasteiger partial charge is 0.389 e. The number of aliphatic hydroxyl groups is 1. The minimum absolute atomic E-state index is 0.0726. The van der Waals surface area contributed by atoms with Gasteiger partial charge in [0.25, 0.3) is 0 Å². The van der Waals surface area contributed by atoms with Gasteiger partial charge >= 0.3 is 0 Å². The molecule has 4 aromatic heterocycles. The normalized spacial score (nSPS) is 16.3. The highest BCUT2D eigenvalue weighted by Gasteiger charge is 2.32. The van der Waals surface area contributed by atoms with E-state index < -0.39 is 5.60 Å². The second kappa shape index (κ2) is 7.83. The predicted octanol–water partition coefficient (Wildman–Crippen LogP) is 3.42. The average molecular weight is 451 g/mol. The van der Waals surface area contributed by atoms with E-state index in [2.05, 4.69) is 20.4 Å². The summed E-state index contributed by atoms with van der Waals surface area (Å²) in [4.78, 5) is 25.8. The monoisotopic (exact) mass is 450 g/mol. The summed E-state index contributed by atoms with van der Waals surface area (Å²) in [6.45, 7) is 3.77. The number of rotatable bonds is 5. The average Bonchev–Trinajstić information content (AvgIpc) is 3.35. The van der Waals surface area contributed by atoms with Gasteiger partial charge in [-0.05, 0) is 56.9 Å². The van der Waals surface area contributed by atoms with Gasteiger partial charge in [-0.25, -0.2) is 14.5 Å². The second-order valence-corrected chi connectivity index (χ2v) is 10.2. The minimum Gasteiger partial charge on any atom is -0.389 e. The SMILES string of the molecule is CN(CC(C)(C)O)C(=O)C1CCc2c(sc3ncnc(Nc4ccn5nccc5c4)c23)C1. The first-order chi connectivity index (χ1) is 15.3. The first-order valence-electron chi connectivity index (χ1n) is 10.7. The quantitative estimate of drug-likeness (QED) is 0.484. The van der Waals surface area contributed by atoms with Gasteiger partial charge in [-0.1, -0.05) is 0 Å². The van der Waals surface area contributed by atoms with Crippen LogP contribution in [-0.2, 0) is 17.6 Å². The molecule has 0 aromatic carbocycles. The van der Waals surface area contributed by atoms with Crippen LogP contribution < -0.4 is 5.32 Å². The Bertz CT molecular complexity index is 1310. The number of nitrogens with zero attached hydrogens (tertiary/aromatic N) is 5. The van der Waals surface area contributed by atoms with Gasteiger partial charge in [0.1, 0.15) is 17.0 Å². The van der Waals surface area contributed by atoms with Crippen molar-refractivity contribution in [2.75, 3.05) is 18.9 Å². The van der Waals surface area contributed by atoms with E-state index in [0.29, 0.717) is 13.0 Å². The molecule has 0 saturated carbocycles. The fourth-order valence-corrected chi connectivity index (χ4v) is 5.79. The molecule has 0 aliphatic heterocycles. The number of fused-ring (bicyclic) bond motifs is 4. The Morgan fingerprint density at radius 3 is 3.03 bits per heavy atom. The van der Waals surface area contributed by atoms with Gasteiger partial charge in [-0.3, -0.25) is 4.79 Å². The lowest BCUT2D eigenvalue weighted by Crippen LogP contribution is -2.43. The number of thiophene rings is 1. The van der Waals surface area contributed by atoms with Crippen LogP contribution in [0.3, 0.4) is 0 Å².